The highest BCUT2D eigenvalue weighted by atomic mass is 15.1. The van der Waals surface area contributed by atoms with E-state index in [2.05, 4.69) is 200 Å². The van der Waals surface area contributed by atoms with Gasteiger partial charge in [0.05, 0.1) is 5.69 Å². The molecule has 2 spiro atoms. The molecule has 0 amide bonds. The van der Waals surface area contributed by atoms with E-state index in [1.807, 2.05) is 0 Å². The van der Waals surface area contributed by atoms with Crippen molar-refractivity contribution >= 4 is 17.1 Å². The molecule has 8 aromatic carbocycles. The van der Waals surface area contributed by atoms with E-state index < -0.39 is 0 Å². The second-order valence-electron chi connectivity index (χ2n) is 23.0. The van der Waals surface area contributed by atoms with Crippen molar-refractivity contribution in [2.75, 3.05) is 4.90 Å². The first-order valence-electron chi connectivity index (χ1n) is 27.2. The molecule has 0 aliphatic heterocycles. The third-order valence-electron chi connectivity index (χ3n) is 20.0. The van der Waals surface area contributed by atoms with E-state index in [1.165, 1.54) is 143 Å². The van der Waals surface area contributed by atoms with E-state index in [9.17, 15) is 0 Å². The van der Waals surface area contributed by atoms with Gasteiger partial charge in [0.15, 0.2) is 0 Å². The molecule has 1 nitrogen and oxygen atoms in total. The summed E-state index contributed by atoms with van der Waals surface area (Å²) in [5, 5.41) is 0. The number of benzene rings is 8. The van der Waals surface area contributed by atoms with Crippen LogP contribution in [0.4, 0.5) is 17.1 Å². The quantitative estimate of drug-likeness (QED) is 0.154. The van der Waals surface area contributed by atoms with Crippen LogP contribution >= 0.6 is 0 Å². The lowest BCUT2D eigenvalue weighted by molar-refractivity contribution is -0.0399. The highest BCUT2D eigenvalue weighted by Gasteiger charge is 2.62. The molecule has 8 aromatic rings. The lowest BCUT2D eigenvalue weighted by Gasteiger charge is -2.61. The summed E-state index contributed by atoms with van der Waals surface area (Å²) in [6, 6.07) is 73.0. The fourth-order valence-corrected chi connectivity index (χ4v) is 17.6. The van der Waals surface area contributed by atoms with Crippen molar-refractivity contribution in [1.82, 2.24) is 0 Å². The molecule has 8 aliphatic carbocycles. The molecule has 4 atom stereocenters. The normalized spacial score (nSPS) is 28.1. The zero-order valence-corrected chi connectivity index (χ0v) is 40.7. The molecule has 70 heavy (non-hydrogen) atoms. The Morgan fingerprint density at radius 2 is 0.886 bits per heavy atom. The summed E-state index contributed by atoms with van der Waals surface area (Å²) < 4.78 is 0. The Labute approximate surface area is 415 Å². The SMILES string of the molecule is CCC1CC2CCCC(C2)[C@@]12c1ccccc1-c1ccc(-c3ccc(-c4ccc(N(c5ccc6c(c5)C5(c7ccccc7-6)C6CC7CC(C6)CC5C7)c5ccccc5-c5ccccc5)cc4)cc3)cc12. The fourth-order valence-electron chi connectivity index (χ4n) is 17.6. The number of fused-ring (bicyclic) bond motifs is 11. The van der Waals surface area contributed by atoms with Crippen LogP contribution in [0.15, 0.2) is 188 Å². The lowest BCUT2D eigenvalue weighted by Crippen LogP contribution is -2.55. The van der Waals surface area contributed by atoms with Crippen LogP contribution in [0.25, 0.3) is 55.6 Å². The molecule has 16 rings (SSSR count). The highest BCUT2D eigenvalue weighted by molar-refractivity contribution is 5.92. The Bertz CT molecular complexity index is 3290. The van der Waals surface area contributed by atoms with Crippen LogP contribution in [0.1, 0.15) is 99.8 Å². The summed E-state index contributed by atoms with van der Waals surface area (Å²) in [6.45, 7) is 2.47. The van der Waals surface area contributed by atoms with Gasteiger partial charge in [-0.2, -0.15) is 0 Å². The molecule has 6 fully saturated rings. The third-order valence-corrected chi connectivity index (χ3v) is 20.0. The van der Waals surface area contributed by atoms with E-state index in [1.54, 1.807) is 22.3 Å². The monoisotopic (exact) mass is 905 g/mol. The van der Waals surface area contributed by atoms with Crippen molar-refractivity contribution in [1.29, 1.82) is 0 Å². The van der Waals surface area contributed by atoms with Crippen molar-refractivity contribution < 1.29 is 0 Å². The van der Waals surface area contributed by atoms with Gasteiger partial charge >= 0.3 is 0 Å². The summed E-state index contributed by atoms with van der Waals surface area (Å²) in [6.07, 6.45) is 15.2. The number of rotatable bonds is 7. The largest absolute Gasteiger partial charge is 0.310 e. The van der Waals surface area contributed by atoms with E-state index in [-0.39, 0.29) is 10.8 Å². The Hall–Kier alpha value is -6.44. The van der Waals surface area contributed by atoms with Gasteiger partial charge in [-0.1, -0.05) is 178 Å². The molecule has 0 saturated heterocycles. The van der Waals surface area contributed by atoms with E-state index in [0.717, 1.165) is 35.5 Å². The molecule has 0 heterocycles. The van der Waals surface area contributed by atoms with Gasteiger partial charge in [0.25, 0.3) is 0 Å². The van der Waals surface area contributed by atoms with Crippen molar-refractivity contribution in [3.05, 3.63) is 210 Å². The van der Waals surface area contributed by atoms with Crippen molar-refractivity contribution in [2.45, 2.75) is 88.4 Å². The van der Waals surface area contributed by atoms with Crippen LogP contribution in [0.3, 0.4) is 0 Å². The highest BCUT2D eigenvalue weighted by Crippen LogP contribution is 2.70. The summed E-state index contributed by atoms with van der Waals surface area (Å²) >= 11 is 0. The van der Waals surface area contributed by atoms with Crippen LogP contribution in [0, 0.1) is 41.4 Å². The minimum absolute atomic E-state index is 0.106. The minimum Gasteiger partial charge on any atom is -0.310 e. The second kappa shape index (κ2) is 15.8. The lowest BCUT2D eigenvalue weighted by atomic mass is 9.43. The topological polar surface area (TPSA) is 3.24 Å². The third kappa shape index (κ3) is 5.84. The van der Waals surface area contributed by atoms with Gasteiger partial charge < -0.3 is 4.90 Å². The summed E-state index contributed by atoms with van der Waals surface area (Å²) in [5.41, 5.74) is 23.9. The summed E-state index contributed by atoms with van der Waals surface area (Å²) in [4.78, 5) is 2.56. The molecular weight excluding hydrogens is 843 g/mol. The van der Waals surface area contributed by atoms with E-state index in [4.69, 9.17) is 0 Å². The first-order chi connectivity index (χ1) is 34.6. The molecule has 3 unspecified atom stereocenters. The Balaban J connectivity index is 0.804. The van der Waals surface area contributed by atoms with E-state index in [0.29, 0.717) is 5.92 Å². The molecule has 1 heteroatoms. The first kappa shape index (κ1) is 41.4. The fraction of sp³-hybridized carbons (Fsp3) is 0.304. The van der Waals surface area contributed by atoms with Crippen LogP contribution in [0.5, 0.6) is 0 Å². The maximum Gasteiger partial charge on any atom is 0.0540 e. The van der Waals surface area contributed by atoms with Crippen molar-refractivity contribution in [3.63, 3.8) is 0 Å². The molecule has 8 aliphatic rings. The molecule has 6 saturated carbocycles. The molecule has 0 aromatic heterocycles. The minimum atomic E-state index is 0.106. The van der Waals surface area contributed by atoms with Gasteiger partial charge in [-0.25, -0.2) is 0 Å². The number of hydrogen-bond donors (Lipinski definition) is 0. The van der Waals surface area contributed by atoms with Gasteiger partial charge in [-0.3, -0.25) is 0 Å². The molecular formula is C69H63N. The first-order valence-corrected chi connectivity index (χ1v) is 27.2. The van der Waals surface area contributed by atoms with Crippen molar-refractivity contribution in [3.8, 4) is 55.6 Å². The zero-order valence-electron chi connectivity index (χ0n) is 40.7. The predicted molar refractivity (Wildman–Crippen MR) is 291 cm³/mol. The molecule has 0 radical (unpaired) electrons. The Morgan fingerprint density at radius 3 is 1.57 bits per heavy atom. The number of nitrogens with zero attached hydrogens (tertiary/aromatic N) is 1. The van der Waals surface area contributed by atoms with E-state index >= 15 is 0 Å². The van der Waals surface area contributed by atoms with Gasteiger partial charge in [0, 0.05) is 27.8 Å². The Morgan fingerprint density at radius 1 is 0.371 bits per heavy atom. The number of para-hydroxylation sites is 1. The molecule has 0 N–H and O–H groups in total. The Kier molecular flexibility index (Phi) is 9.32. The standard InChI is InChI=1S/C69H63N/c1-2-52-36-44-13-12-16-53(37-44)68(52)63-20-9-6-18-59(63)61-33-29-51(42-65(61)68)49-25-23-47(24-26-49)48-27-30-56(31-28-48)70(67-22-11-8-17-58(67)50-14-4-3-5-15-50)57-32-34-62-60-19-7-10-21-64(60)69(66(62)43-57)54-38-45-35-46(40-54)41-55(69)39-45/h3-11,14-15,17-34,42-46,52-55H,2,12-13,16,35-41H2,1H3/t44?,45?,46?,52?,53?,54?,55?,68-,69?/m1/s1. The van der Waals surface area contributed by atoms with Crippen LogP contribution in [-0.4, -0.2) is 0 Å². The van der Waals surface area contributed by atoms with Gasteiger partial charge in [-0.15, -0.1) is 0 Å². The summed E-state index contributed by atoms with van der Waals surface area (Å²) in [7, 11) is 0. The summed E-state index contributed by atoms with van der Waals surface area (Å²) in [5.74, 6) is 5.60. The van der Waals surface area contributed by atoms with Gasteiger partial charge in [-0.05, 0) is 202 Å². The molecule has 6 bridgehead atoms. The maximum atomic E-state index is 2.65. The van der Waals surface area contributed by atoms with Crippen LogP contribution in [0.2, 0.25) is 0 Å². The number of anilines is 3. The smallest absolute Gasteiger partial charge is 0.0540 e. The van der Waals surface area contributed by atoms with Crippen LogP contribution in [-0.2, 0) is 10.8 Å². The second-order valence-corrected chi connectivity index (χ2v) is 23.0. The van der Waals surface area contributed by atoms with Crippen molar-refractivity contribution in [2.24, 2.45) is 41.4 Å². The zero-order chi connectivity index (χ0) is 46.1. The average Bonchev–Trinajstić information content (AvgIpc) is 3.88. The van der Waals surface area contributed by atoms with Crippen LogP contribution < -0.4 is 4.90 Å². The van der Waals surface area contributed by atoms with Gasteiger partial charge in [0.1, 0.15) is 0 Å². The number of hydrogen-bond acceptors (Lipinski definition) is 1. The average molecular weight is 906 g/mol. The maximum absolute atomic E-state index is 2.65. The predicted octanol–water partition coefficient (Wildman–Crippen LogP) is 18.4. The van der Waals surface area contributed by atoms with Gasteiger partial charge in [0.2, 0.25) is 0 Å². The molecule has 344 valence electrons.